The third kappa shape index (κ3) is 2.83. The van der Waals surface area contributed by atoms with Crippen LogP contribution in [-0.4, -0.2) is 55.2 Å². The van der Waals surface area contributed by atoms with E-state index < -0.39 is 17.8 Å². The summed E-state index contributed by atoms with van der Waals surface area (Å²) in [4.78, 5) is 28.8. The third-order valence-corrected chi connectivity index (χ3v) is 6.04. The number of anilines is 1. The molecule has 1 aromatic carbocycles. The molecule has 0 unspecified atom stereocenters. The molecule has 1 saturated carbocycles. The number of aliphatic carboxylic acids is 1. The molecule has 6 nitrogen and oxygen atoms in total. The molecule has 138 valence electrons. The zero-order valence-electron chi connectivity index (χ0n) is 14.9. The lowest BCUT2D eigenvalue weighted by Gasteiger charge is -2.38. The highest BCUT2D eigenvalue weighted by atomic mass is 16.5. The second-order valence-electron chi connectivity index (χ2n) is 7.35. The van der Waals surface area contributed by atoms with Crippen molar-refractivity contribution in [3.8, 4) is 5.75 Å². The molecule has 4 rings (SSSR count). The van der Waals surface area contributed by atoms with Crippen LogP contribution in [0.4, 0.5) is 5.69 Å². The van der Waals surface area contributed by atoms with Gasteiger partial charge in [0.05, 0.1) is 18.9 Å². The normalized spacial score (nSPS) is 29.9. The SMILES string of the molecule is COc1cccc(N2CCN(C(=O)[C@@H]3[C@@H](C(=O)O)[C@@H]4C=C[C@@H]3C4)CC2)c1. The molecule has 2 bridgehead atoms. The van der Waals surface area contributed by atoms with Crippen molar-refractivity contribution in [2.75, 3.05) is 38.2 Å². The summed E-state index contributed by atoms with van der Waals surface area (Å²) in [6.07, 6.45) is 4.82. The first-order valence-electron chi connectivity index (χ1n) is 9.17. The maximum Gasteiger partial charge on any atom is 0.307 e. The molecular weight excluding hydrogens is 332 g/mol. The Labute approximate surface area is 153 Å². The van der Waals surface area contributed by atoms with Crippen LogP contribution in [0.3, 0.4) is 0 Å². The van der Waals surface area contributed by atoms with Crippen LogP contribution in [0, 0.1) is 23.7 Å². The zero-order chi connectivity index (χ0) is 18.3. The highest BCUT2D eigenvalue weighted by molar-refractivity contribution is 5.87. The number of hydrogen-bond acceptors (Lipinski definition) is 4. The number of fused-ring (bicyclic) bond motifs is 2. The van der Waals surface area contributed by atoms with Gasteiger partial charge in [-0.05, 0) is 30.4 Å². The van der Waals surface area contributed by atoms with E-state index in [1.807, 2.05) is 41.3 Å². The second-order valence-corrected chi connectivity index (χ2v) is 7.35. The van der Waals surface area contributed by atoms with Crippen LogP contribution >= 0.6 is 0 Å². The van der Waals surface area contributed by atoms with Crippen molar-refractivity contribution in [1.29, 1.82) is 0 Å². The van der Waals surface area contributed by atoms with Crippen molar-refractivity contribution in [2.24, 2.45) is 23.7 Å². The van der Waals surface area contributed by atoms with Gasteiger partial charge >= 0.3 is 5.97 Å². The van der Waals surface area contributed by atoms with Crippen molar-refractivity contribution in [3.63, 3.8) is 0 Å². The third-order valence-electron chi connectivity index (χ3n) is 6.04. The van der Waals surface area contributed by atoms with Crippen molar-refractivity contribution >= 4 is 17.6 Å². The first-order valence-corrected chi connectivity index (χ1v) is 9.17. The van der Waals surface area contributed by atoms with Crippen LogP contribution in [0.15, 0.2) is 36.4 Å². The zero-order valence-corrected chi connectivity index (χ0v) is 14.9. The summed E-state index contributed by atoms with van der Waals surface area (Å²) in [6, 6.07) is 7.92. The van der Waals surface area contributed by atoms with Gasteiger partial charge in [-0.3, -0.25) is 9.59 Å². The average molecular weight is 356 g/mol. The number of carbonyl (C=O) groups is 2. The fourth-order valence-electron chi connectivity index (χ4n) is 4.70. The van der Waals surface area contributed by atoms with Crippen molar-refractivity contribution in [1.82, 2.24) is 4.90 Å². The van der Waals surface area contributed by atoms with E-state index in [1.165, 1.54) is 0 Å². The molecule has 26 heavy (non-hydrogen) atoms. The van der Waals surface area contributed by atoms with Gasteiger partial charge in [-0.1, -0.05) is 18.2 Å². The van der Waals surface area contributed by atoms with Gasteiger partial charge in [0.1, 0.15) is 5.75 Å². The molecule has 1 heterocycles. The predicted molar refractivity (Wildman–Crippen MR) is 97.1 cm³/mol. The van der Waals surface area contributed by atoms with E-state index >= 15 is 0 Å². The minimum Gasteiger partial charge on any atom is -0.497 e. The Balaban J connectivity index is 1.42. The number of methoxy groups -OCH3 is 1. The molecule has 2 aliphatic carbocycles. The fourth-order valence-corrected chi connectivity index (χ4v) is 4.70. The summed E-state index contributed by atoms with van der Waals surface area (Å²) in [5.74, 6) is -0.858. The van der Waals surface area contributed by atoms with Gasteiger partial charge in [-0.25, -0.2) is 0 Å². The van der Waals surface area contributed by atoms with Gasteiger partial charge in [-0.2, -0.15) is 0 Å². The molecule has 0 aromatic heterocycles. The number of allylic oxidation sites excluding steroid dienone is 2. The Kier molecular flexibility index (Phi) is 4.34. The molecular formula is C20H24N2O4. The quantitative estimate of drug-likeness (QED) is 0.834. The number of nitrogens with zero attached hydrogens (tertiary/aromatic N) is 2. The molecule has 6 heteroatoms. The average Bonchev–Trinajstić information content (AvgIpc) is 3.29. The monoisotopic (exact) mass is 356 g/mol. The molecule has 1 aromatic rings. The number of carbonyl (C=O) groups excluding carboxylic acids is 1. The molecule has 1 aliphatic heterocycles. The lowest BCUT2D eigenvalue weighted by molar-refractivity contribution is -0.151. The van der Waals surface area contributed by atoms with Gasteiger partial charge in [0.25, 0.3) is 0 Å². The van der Waals surface area contributed by atoms with Gasteiger partial charge in [0.15, 0.2) is 0 Å². The van der Waals surface area contributed by atoms with E-state index in [4.69, 9.17) is 4.74 Å². The predicted octanol–water partition coefficient (Wildman–Crippen LogP) is 1.87. The van der Waals surface area contributed by atoms with E-state index in [9.17, 15) is 14.7 Å². The topological polar surface area (TPSA) is 70.1 Å². The van der Waals surface area contributed by atoms with E-state index in [1.54, 1.807) is 7.11 Å². The minimum absolute atomic E-state index is 0.0135. The number of piperazine rings is 1. The van der Waals surface area contributed by atoms with Crippen LogP contribution < -0.4 is 9.64 Å². The lowest BCUT2D eigenvalue weighted by atomic mass is 9.82. The molecule has 1 N–H and O–H groups in total. The Morgan fingerprint density at radius 3 is 2.42 bits per heavy atom. The summed E-state index contributed by atoms with van der Waals surface area (Å²) in [7, 11) is 1.65. The Morgan fingerprint density at radius 2 is 1.77 bits per heavy atom. The maximum atomic E-state index is 13.0. The fraction of sp³-hybridized carbons (Fsp3) is 0.500. The first-order chi connectivity index (χ1) is 12.6. The summed E-state index contributed by atoms with van der Waals surface area (Å²) < 4.78 is 5.28. The Hall–Kier alpha value is -2.50. The van der Waals surface area contributed by atoms with Gasteiger partial charge in [0, 0.05) is 37.9 Å². The Morgan fingerprint density at radius 1 is 1.08 bits per heavy atom. The number of hydrogen-bond donors (Lipinski definition) is 1. The number of carboxylic acids is 1. The highest BCUT2D eigenvalue weighted by Crippen LogP contribution is 2.48. The number of amides is 1. The van der Waals surface area contributed by atoms with Crippen molar-refractivity contribution in [3.05, 3.63) is 36.4 Å². The summed E-state index contributed by atoms with van der Waals surface area (Å²) in [5.41, 5.74) is 1.09. The molecule has 0 spiro atoms. The number of rotatable bonds is 4. The molecule has 3 aliphatic rings. The summed E-state index contributed by atoms with van der Waals surface area (Å²) in [5, 5.41) is 9.57. The highest BCUT2D eigenvalue weighted by Gasteiger charge is 2.52. The van der Waals surface area contributed by atoms with Crippen molar-refractivity contribution < 1.29 is 19.4 Å². The van der Waals surface area contributed by atoms with Crippen LogP contribution in [0.1, 0.15) is 6.42 Å². The molecule has 0 radical (unpaired) electrons. The number of ether oxygens (including phenoxy) is 1. The maximum absolute atomic E-state index is 13.0. The smallest absolute Gasteiger partial charge is 0.307 e. The van der Waals surface area contributed by atoms with Crippen LogP contribution in [-0.2, 0) is 9.59 Å². The van der Waals surface area contributed by atoms with E-state index in [0.29, 0.717) is 13.1 Å². The largest absolute Gasteiger partial charge is 0.497 e. The standard InChI is InChI=1S/C20H24N2O4/c1-26-16-4-2-3-15(12-16)21-7-9-22(10-8-21)19(23)17-13-5-6-14(11-13)18(17)20(24)25/h2-6,12-14,17-18H,7-11H2,1H3,(H,24,25)/t13-,14-,17+,18+/m1/s1. The molecule has 2 fully saturated rings. The summed E-state index contributed by atoms with van der Waals surface area (Å²) >= 11 is 0. The van der Waals surface area contributed by atoms with Gasteiger partial charge < -0.3 is 19.6 Å². The first kappa shape index (κ1) is 16.9. The minimum atomic E-state index is -0.838. The molecule has 1 amide bonds. The van der Waals surface area contributed by atoms with Crippen LogP contribution in [0.5, 0.6) is 5.75 Å². The van der Waals surface area contributed by atoms with Gasteiger partial charge in [0.2, 0.25) is 5.91 Å². The van der Waals surface area contributed by atoms with Crippen molar-refractivity contribution in [2.45, 2.75) is 6.42 Å². The Bertz CT molecular complexity index is 739. The van der Waals surface area contributed by atoms with E-state index in [0.717, 1.165) is 30.9 Å². The van der Waals surface area contributed by atoms with Crippen LogP contribution in [0.25, 0.3) is 0 Å². The molecule has 1 saturated heterocycles. The summed E-state index contributed by atoms with van der Waals surface area (Å²) in [6.45, 7) is 2.74. The van der Waals surface area contributed by atoms with E-state index in [2.05, 4.69) is 4.90 Å². The number of benzene rings is 1. The molecule has 4 atom stereocenters. The van der Waals surface area contributed by atoms with E-state index in [-0.39, 0.29) is 17.7 Å². The lowest BCUT2D eigenvalue weighted by Crippen LogP contribution is -2.52. The van der Waals surface area contributed by atoms with Crippen LogP contribution in [0.2, 0.25) is 0 Å². The number of carboxylic acid groups (broad SMARTS) is 1. The van der Waals surface area contributed by atoms with Gasteiger partial charge in [-0.15, -0.1) is 0 Å². The second kappa shape index (κ2) is 6.67.